The van der Waals surface area contributed by atoms with Crippen molar-refractivity contribution >= 4 is 22.9 Å². The number of aryl methyl sites for hydroxylation is 1. The van der Waals surface area contributed by atoms with E-state index in [1.165, 1.54) is 11.3 Å². The van der Waals surface area contributed by atoms with Crippen molar-refractivity contribution in [2.75, 3.05) is 11.9 Å². The molecule has 0 bridgehead atoms. The summed E-state index contributed by atoms with van der Waals surface area (Å²) in [4.78, 5) is 12.7. The number of aliphatic hydroxyl groups excluding tert-OH is 1. The molecule has 4 heteroatoms. The monoisotopic (exact) mass is 271 g/mol. The lowest BCUT2D eigenvalue weighted by atomic mass is 10.1. The lowest BCUT2D eigenvalue weighted by Crippen LogP contribution is -2.11. The second-order valence-electron chi connectivity index (χ2n) is 3.94. The van der Waals surface area contributed by atoms with E-state index < -0.39 is 0 Å². The number of rotatable bonds is 2. The number of anilines is 1. The van der Waals surface area contributed by atoms with E-state index in [2.05, 4.69) is 17.2 Å². The van der Waals surface area contributed by atoms with Crippen LogP contribution in [-0.4, -0.2) is 17.6 Å². The van der Waals surface area contributed by atoms with Crippen LogP contribution in [0.3, 0.4) is 0 Å². The van der Waals surface area contributed by atoms with Crippen molar-refractivity contribution < 1.29 is 9.90 Å². The van der Waals surface area contributed by atoms with Gasteiger partial charge in [-0.15, -0.1) is 11.3 Å². The highest BCUT2D eigenvalue weighted by molar-refractivity contribution is 7.12. The molecule has 96 valence electrons. The highest BCUT2D eigenvalue weighted by atomic mass is 32.1. The third kappa shape index (κ3) is 3.44. The third-order valence-electron chi connectivity index (χ3n) is 2.47. The number of thiophene rings is 1. The van der Waals surface area contributed by atoms with Gasteiger partial charge in [-0.1, -0.05) is 24.0 Å². The summed E-state index contributed by atoms with van der Waals surface area (Å²) in [6, 6.07) is 9.23. The summed E-state index contributed by atoms with van der Waals surface area (Å²) in [5.41, 5.74) is 2.40. The lowest BCUT2D eigenvalue weighted by molar-refractivity contribution is 0.103. The van der Waals surface area contributed by atoms with Crippen LogP contribution in [0, 0.1) is 18.8 Å². The fraction of sp³-hybridized carbons (Fsp3) is 0.133. The smallest absolute Gasteiger partial charge is 0.265 e. The lowest BCUT2D eigenvalue weighted by Gasteiger charge is -2.07. The Morgan fingerprint density at radius 2 is 2.26 bits per heavy atom. The molecule has 0 saturated carbocycles. The van der Waals surface area contributed by atoms with E-state index in [1.54, 1.807) is 6.07 Å². The van der Waals surface area contributed by atoms with Gasteiger partial charge in [0.15, 0.2) is 0 Å². The zero-order chi connectivity index (χ0) is 13.7. The molecule has 0 fully saturated rings. The van der Waals surface area contributed by atoms with Gasteiger partial charge in [0, 0.05) is 5.56 Å². The van der Waals surface area contributed by atoms with Gasteiger partial charge in [-0.3, -0.25) is 4.79 Å². The highest BCUT2D eigenvalue weighted by Crippen LogP contribution is 2.19. The van der Waals surface area contributed by atoms with Crippen LogP contribution in [0.25, 0.3) is 0 Å². The van der Waals surface area contributed by atoms with Gasteiger partial charge in [0.25, 0.3) is 5.91 Å². The van der Waals surface area contributed by atoms with Gasteiger partial charge < -0.3 is 10.4 Å². The molecule has 1 heterocycles. The summed E-state index contributed by atoms with van der Waals surface area (Å²) >= 11 is 1.39. The summed E-state index contributed by atoms with van der Waals surface area (Å²) in [7, 11) is 0. The minimum absolute atomic E-state index is 0.146. The summed E-state index contributed by atoms with van der Waals surface area (Å²) in [6.45, 7) is 1.75. The average Bonchev–Trinajstić information content (AvgIpc) is 2.92. The quantitative estimate of drug-likeness (QED) is 0.825. The molecule has 1 amide bonds. The Bertz CT molecular complexity index is 636. The van der Waals surface area contributed by atoms with Crippen LogP contribution < -0.4 is 5.32 Å². The molecule has 0 unspecified atom stereocenters. The molecule has 19 heavy (non-hydrogen) atoms. The molecule has 1 aromatic heterocycles. The second-order valence-corrected chi connectivity index (χ2v) is 4.89. The SMILES string of the molecule is Cc1ccc(C#CCO)c(NC(=O)c2cccs2)c1. The summed E-state index contributed by atoms with van der Waals surface area (Å²) in [6.07, 6.45) is 0. The Morgan fingerprint density at radius 1 is 1.42 bits per heavy atom. The number of benzene rings is 1. The summed E-state index contributed by atoms with van der Waals surface area (Å²) in [5.74, 6) is 5.27. The number of hydrogen-bond acceptors (Lipinski definition) is 3. The van der Waals surface area contributed by atoms with Crippen molar-refractivity contribution in [3.63, 3.8) is 0 Å². The van der Waals surface area contributed by atoms with Crippen molar-refractivity contribution in [3.8, 4) is 11.8 Å². The maximum Gasteiger partial charge on any atom is 0.265 e. The van der Waals surface area contributed by atoms with Gasteiger partial charge in [-0.2, -0.15) is 0 Å². The molecule has 1 aromatic carbocycles. The topological polar surface area (TPSA) is 49.3 Å². The van der Waals surface area contributed by atoms with Crippen LogP contribution in [-0.2, 0) is 0 Å². The Kier molecular flexibility index (Phi) is 4.35. The molecule has 0 aliphatic heterocycles. The zero-order valence-electron chi connectivity index (χ0n) is 10.4. The highest BCUT2D eigenvalue weighted by Gasteiger charge is 2.09. The number of carbonyl (C=O) groups excluding carboxylic acids is 1. The van der Waals surface area contributed by atoms with Gasteiger partial charge >= 0.3 is 0 Å². The largest absolute Gasteiger partial charge is 0.384 e. The number of carbonyl (C=O) groups is 1. The van der Waals surface area contributed by atoms with E-state index in [1.807, 2.05) is 36.6 Å². The number of nitrogens with one attached hydrogen (secondary N) is 1. The Labute approximate surface area is 115 Å². The fourth-order valence-corrected chi connectivity index (χ4v) is 2.22. The standard InChI is InChI=1S/C15H13NO2S/c1-11-6-7-12(4-2-8-17)13(10-11)16-15(18)14-5-3-9-19-14/h3,5-7,9-10,17H,8H2,1H3,(H,16,18). The molecule has 0 atom stereocenters. The first kappa shape index (κ1) is 13.3. The van der Waals surface area contributed by atoms with E-state index in [0.717, 1.165) is 5.56 Å². The maximum atomic E-state index is 12.0. The van der Waals surface area contributed by atoms with Gasteiger partial charge in [0.1, 0.15) is 6.61 Å². The molecule has 2 rings (SSSR count). The van der Waals surface area contributed by atoms with Crippen LogP contribution in [0.15, 0.2) is 35.7 Å². The third-order valence-corrected chi connectivity index (χ3v) is 3.34. The van der Waals surface area contributed by atoms with Crippen LogP contribution in [0.5, 0.6) is 0 Å². The van der Waals surface area contributed by atoms with Crippen LogP contribution in [0.2, 0.25) is 0 Å². The minimum Gasteiger partial charge on any atom is -0.384 e. The number of hydrogen-bond donors (Lipinski definition) is 2. The predicted molar refractivity (Wildman–Crippen MR) is 77.4 cm³/mol. The van der Waals surface area contributed by atoms with E-state index >= 15 is 0 Å². The zero-order valence-corrected chi connectivity index (χ0v) is 11.3. The van der Waals surface area contributed by atoms with Gasteiger partial charge in [-0.05, 0) is 36.1 Å². The van der Waals surface area contributed by atoms with Crippen molar-refractivity contribution in [1.82, 2.24) is 0 Å². The van der Waals surface area contributed by atoms with Gasteiger partial charge in [-0.25, -0.2) is 0 Å². The number of amides is 1. The first-order valence-electron chi connectivity index (χ1n) is 5.76. The van der Waals surface area contributed by atoms with Gasteiger partial charge in [0.2, 0.25) is 0 Å². The van der Waals surface area contributed by atoms with E-state index in [9.17, 15) is 4.79 Å². The van der Waals surface area contributed by atoms with Crippen LogP contribution in [0.1, 0.15) is 20.8 Å². The Hall–Kier alpha value is -2.09. The molecule has 0 radical (unpaired) electrons. The van der Waals surface area contributed by atoms with Crippen LogP contribution >= 0.6 is 11.3 Å². The average molecular weight is 271 g/mol. The van der Waals surface area contributed by atoms with Crippen molar-refractivity contribution in [3.05, 3.63) is 51.7 Å². The summed E-state index contributed by atoms with van der Waals surface area (Å²) < 4.78 is 0. The fourth-order valence-electron chi connectivity index (χ4n) is 1.60. The van der Waals surface area contributed by atoms with E-state index in [0.29, 0.717) is 16.1 Å². The van der Waals surface area contributed by atoms with E-state index in [-0.39, 0.29) is 12.5 Å². The minimum atomic E-state index is -0.202. The molecular weight excluding hydrogens is 258 g/mol. The molecule has 2 N–H and O–H groups in total. The molecular formula is C15H13NO2S. The molecule has 0 aliphatic carbocycles. The summed E-state index contributed by atoms with van der Waals surface area (Å²) in [5, 5.41) is 13.5. The number of aliphatic hydroxyl groups is 1. The predicted octanol–water partition coefficient (Wildman–Crippen LogP) is 2.65. The first-order valence-corrected chi connectivity index (χ1v) is 6.64. The first-order chi connectivity index (χ1) is 9.20. The molecule has 2 aromatic rings. The molecule has 0 saturated heterocycles. The van der Waals surface area contributed by atoms with Gasteiger partial charge in [0.05, 0.1) is 10.6 Å². The van der Waals surface area contributed by atoms with Crippen molar-refractivity contribution in [2.24, 2.45) is 0 Å². The molecule has 0 spiro atoms. The van der Waals surface area contributed by atoms with Crippen LogP contribution in [0.4, 0.5) is 5.69 Å². The van der Waals surface area contributed by atoms with Crippen molar-refractivity contribution in [1.29, 1.82) is 0 Å². The van der Waals surface area contributed by atoms with E-state index in [4.69, 9.17) is 5.11 Å². The Morgan fingerprint density at radius 3 is 2.95 bits per heavy atom. The molecule has 3 nitrogen and oxygen atoms in total. The second kappa shape index (κ2) is 6.19. The molecule has 0 aliphatic rings. The normalized spacial score (nSPS) is 9.58. The maximum absolute atomic E-state index is 12.0. The Balaban J connectivity index is 2.28. The van der Waals surface area contributed by atoms with Crippen molar-refractivity contribution in [2.45, 2.75) is 6.92 Å².